The van der Waals surface area contributed by atoms with Gasteiger partial charge in [0.2, 0.25) is 11.8 Å². The summed E-state index contributed by atoms with van der Waals surface area (Å²) in [5.41, 5.74) is 1.39. The van der Waals surface area contributed by atoms with Crippen LogP contribution in [-0.2, 0) is 9.59 Å². The Hall–Kier alpha value is -2.80. The molecule has 7 heteroatoms. The topological polar surface area (TPSA) is 71.0 Å². The first-order valence-electron chi connectivity index (χ1n) is 10.2. The lowest BCUT2D eigenvalue weighted by Gasteiger charge is -2.16. The highest BCUT2D eigenvalue weighted by Crippen LogP contribution is 2.32. The summed E-state index contributed by atoms with van der Waals surface area (Å²) in [5.74, 6) is 0.310. The fourth-order valence-electron chi connectivity index (χ4n) is 3.18. The minimum atomic E-state index is -0.483. The minimum Gasteiger partial charge on any atom is -0.495 e. The second-order valence-electron chi connectivity index (χ2n) is 6.99. The lowest BCUT2D eigenvalue weighted by atomic mass is 10.2. The van der Waals surface area contributed by atoms with Gasteiger partial charge in [0.05, 0.1) is 18.5 Å². The Kier molecular flexibility index (Phi) is 7.90. The molecule has 0 aromatic heterocycles. The molecule has 0 bridgehead atoms. The molecule has 1 heterocycles. The van der Waals surface area contributed by atoms with Crippen LogP contribution in [0.25, 0.3) is 0 Å². The van der Waals surface area contributed by atoms with Gasteiger partial charge in [0.25, 0.3) is 0 Å². The number of para-hydroxylation sites is 3. The minimum absolute atomic E-state index is 0.0547. The van der Waals surface area contributed by atoms with Gasteiger partial charge in [-0.1, -0.05) is 61.9 Å². The van der Waals surface area contributed by atoms with Gasteiger partial charge in [0.1, 0.15) is 11.0 Å². The Morgan fingerprint density at radius 1 is 1.13 bits per heavy atom. The average molecular weight is 426 g/mol. The number of amidine groups is 1. The molecule has 1 aliphatic rings. The number of aliphatic imine (C=N–C) groups is 1. The molecule has 1 aliphatic heterocycles. The number of nitrogens with zero attached hydrogens (tertiary/aromatic N) is 2. The van der Waals surface area contributed by atoms with Crippen molar-refractivity contribution in [1.82, 2.24) is 4.90 Å². The highest BCUT2D eigenvalue weighted by atomic mass is 32.2. The van der Waals surface area contributed by atoms with Crippen molar-refractivity contribution in [3.05, 3.63) is 54.6 Å². The predicted molar refractivity (Wildman–Crippen MR) is 122 cm³/mol. The van der Waals surface area contributed by atoms with Crippen molar-refractivity contribution in [2.75, 3.05) is 19.0 Å². The molecule has 2 aromatic rings. The van der Waals surface area contributed by atoms with Gasteiger partial charge in [0, 0.05) is 13.0 Å². The molecule has 1 saturated heterocycles. The third-order valence-corrected chi connectivity index (χ3v) is 5.91. The van der Waals surface area contributed by atoms with Gasteiger partial charge in [-0.3, -0.25) is 14.5 Å². The number of rotatable bonds is 9. The van der Waals surface area contributed by atoms with E-state index < -0.39 is 5.25 Å². The van der Waals surface area contributed by atoms with Gasteiger partial charge in [-0.15, -0.1) is 0 Å². The van der Waals surface area contributed by atoms with E-state index in [0.29, 0.717) is 23.1 Å². The standard InChI is InChI=1S/C23H27N3O3S/c1-3-4-10-15-26-22(28)20(30-23(26)24-17-11-6-5-7-12-17)16-21(27)25-18-13-8-9-14-19(18)29-2/h5-9,11-14,20H,3-4,10,15-16H2,1-2H3,(H,25,27)/t20-/m1/s1. The van der Waals surface area contributed by atoms with Crippen molar-refractivity contribution < 1.29 is 14.3 Å². The maximum absolute atomic E-state index is 13.0. The molecule has 1 fully saturated rings. The molecule has 2 aromatic carbocycles. The summed E-state index contributed by atoms with van der Waals surface area (Å²) in [6.07, 6.45) is 3.12. The van der Waals surface area contributed by atoms with Crippen LogP contribution >= 0.6 is 11.8 Å². The zero-order valence-corrected chi connectivity index (χ0v) is 18.2. The van der Waals surface area contributed by atoms with Gasteiger partial charge in [-0.05, 0) is 30.7 Å². The Labute approximate surface area is 181 Å². The number of ether oxygens (including phenoxy) is 1. The Balaban J connectivity index is 1.72. The van der Waals surface area contributed by atoms with E-state index in [-0.39, 0.29) is 18.2 Å². The number of amides is 2. The van der Waals surface area contributed by atoms with Gasteiger partial charge >= 0.3 is 0 Å². The Morgan fingerprint density at radius 3 is 2.60 bits per heavy atom. The fraction of sp³-hybridized carbons (Fsp3) is 0.348. The summed E-state index contributed by atoms with van der Waals surface area (Å²) in [5, 5.41) is 3.03. The van der Waals surface area contributed by atoms with Crippen LogP contribution in [0.1, 0.15) is 32.6 Å². The molecule has 158 valence electrons. The second-order valence-corrected chi connectivity index (χ2v) is 8.16. The smallest absolute Gasteiger partial charge is 0.242 e. The lowest BCUT2D eigenvalue weighted by Crippen LogP contribution is -2.34. The zero-order valence-electron chi connectivity index (χ0n) is 17.3. The van der Waals surface area contributed by atoms with E-state index in [9.17, 15) is 9.59 Å². The summed E-state index contributed by atoms with van der Waals surface area (Å²) < 4.78 is 5.28. The van der Waals surface area contributed by atoms with E-state index in [1.54, 1.807) is 24.1 Å². The number of thioether (sulfide) groups is 1. The van der Waals surface area contributed by atoms with Crippen molar-refractivity contribution in [2.45, 2.75) is 37.9 Å². The molecule has 1 atom stereocenters. The number of nitrogens with one attached hydrogen (secondary N) is 1. The predicted octanol–water partition coefficient (Wildman–Crippen LogP) is 4.85. The highest BCUT2D eigenvalue weighted by Gasteiger charge is 2.38. The molecule has 0 radical (unpaired) electrons. The second kappa shape index (κ2) is 10.8. The van der Waals surface area contributed by atoms with Crippen molar-refractivity contribution in [3.8, 4) is 5.75 Å². The van der Waals surface area contributed by atoms with E-state index >= 15 is 0 Å². The molecule has 2 amide bonds. The van der Waals surface area contributed by atoms with Gasteiger partial charge < -0.3 is 10.1 Å². The molecule has 3 rings (SSSR count). The Bertz CT molecular complexity index is 902. The molecule has 0 aliphatic carbocycles. The number of anilines is 1. The number of unbranched alkanes of at least 4 members (excludes halogenated alkanes) is 2. The van der Waals surface area contributed by atoms with E-state index in [1.807, 2.05) is 42.5 Å². The summed E-state index contributed by atoms with van der Waals surface area (Å²) in [6, 6.07) is 16.8. The molecule has 6 nitrogen and oxygen atoms in total. The van der Waals surface area contributed by atoms with Gasteiger partial charge in [0.15, 0.2) is 5.17 Å². The maximum Gasteiger partial charge on any atom is 0.242 e. The summed E-state index contributed by atoms with van der Waals surface area (Å²) >= 11 is 1.36. The summed E-state index contributed by atoms with van der Waals surface area (Å²) in [6.45, 7) is 2.75. The molecular weight excluding hydrogens is 398 g/mol. The molecule has 30 heavy (non-hydrogen) atoms. The van der Waals surface area contributed by atoms with Crippen LogP contribution in [0.2, 0.25) is 0 Å². The van der Waals surface area contributed by atoms with E-state index in [1.165, 1.54) is 11.8 Å². The van der Waals surface area contributed by atoms with Crippen LogP contribution in [0.5, 0.6) is 5.75 Å². The SMILES string of the molecule is CCCCCN1C(=O)[C@@H](CC(=O)Nc2ccccc2OC)SC1=Nc1ccccc1. The number of benzene rings is 2. The normalized spacial score (nSPS) is 17.4. The molecule has 0 spiro atoms. The first-order valence-corrected chi connectivity index (χ1v) is 11.0. The molecule has 1 N–H and O–H groups in total. The quantitative estimate of drug-likeness (QED) is 0.583. The van der Waals surface area contributed by atoms with Gasteiger partial charge in [-0.2, -0.15) is 0 Å². The van der Waals surface area contributed by atoms with Crippen molar-refractivity contribution >= 4 is 40.1 Å². The average Bonchev–Trinajstić information content (AvgIpc) is 3.03. The first kappa shape index (κ1) is 21.9. The number of hydrogen-bond acceptors (Lipinski definition) is 5. The number of methoxy groups -OCH3 is 1. The lowest BCUT2D eigenvalue weighted by molar-refractivity contribution is -0.128. The summed E-state index contributed by atoms with van der Waals surface area (Å²) in [4.78, 5) is 32.1. The van der Waals surface area contributed by atoms with Crippen LogP contribution in [0.3, 0.4) is 0 Å². The number of carbonyl (C=O) groups excluding carboxylic acids is 2. The van der Waals surface area contributed by atoms with Crippen LogP contribution < -0.4 is 10.1 Å². The van der Waals surface area contributed by atoms with E-state index in [0.717, 1.165) is 24.9 Å². The van der Waals surface area contributed by atoms with Crippen LogP contribution in [0, 0.1) is 0 Å². The van der Waals surface area contributed by atoms with E-state index in [4.69, 9.17) is 4.74 Å². The maximum atomic E-state index is 13.0. The molecule has 0 saturated carbocycles. The van der Waals surface area contributed by atoms with Crippen LogP contribution in [-0.4, -0.2) is 40.8 Å². The molecule has 0 unspecified atom stereocenters. The third-order valence-electron chi connectivity index (χ3n) is 4.74. The summed E-state index contributed by atoms with van der Waals surface area (Å²) in [7, 11) is 1.56. The fourth-order valence-corrected chi connectivity index (χ4v) is 4.37. The zero-order chi connectivity index (χ0) is 21.3. The third kappa shape index (κ3) is 5.63. The van der Waals surface area contributed by atoms with Crippen molar-refractivity contribution in [3.63, 3.8) is 0 Å². The Morgan fingerprint density at radius 2 is 1.87 bits per heavy atom. The number of hydrogen-bond donors (Lipinski definition) is 1. The van der Waals surface area contributed by atoms with E-state index in [2.05, 4.69) is 17.2 Å². The van der Waals surface area contributed by atoms with Crippen molar-refractivity contribution in [1.29, 1.82) is 0 Å². The van der Waals surface area contributed by atoms with Gasteiger partial charge in [-0.25, -0.2) is 4.99 Å². The molecular formula is C23H27N3O3S. The largest absolute Gasteiger partial charge is 0.495 e. The monoisotopic (exact) mass is 425 g/mol. The van der Waals surface area contributed by atoms with Crippen LogP contribution in [0.15, 0.2) is 59.6 Å². The highest BCUT2D eigenvalue weighted by molar-refractivity contribution is 8.15. The number of carbonyl (C=O) groups is 2. The first-order chi connectivity index (χ1) is 14.6. The van der Waals surface area contributed by atoms with Crippen molar-refractivity contribution in [2.24, 2.45) is 4.99 Å². The van der Waals surface area contributed by atoms with Crippen LogP contribution in [0.4, 0.5) is 11.4 Å².